The van der Waals surface area contributed by atoms with Crippen LogP contribution in [0.2, 0.25) is 5.15 Å². The standard InChI is InChI=1S/C13H14ClN3S/c1-8-9(2)16-13(17-10(8)3)18-7-11-4-5-15-12(14)6-11/h4-6H,7H2,1-3H3. The van der Waals surface area contributed by atoms with Gasteiger partial charge in [0, 0.05) is 23.3 Å². The van der Waals surface area contributed by atoms with Gasteiger partial charge in [-0.15, -0.1) is 0 Å². The van der Waals surface area contributed by atoms with E-state index >= 15 is 0 Å². The minimum absolute atomic E-state index is 0.519. The lowest BCUT2D eigenvalue weighted by Gasteiger charge is -2.06. The average molecular weight is 280 g/mol. The van der Waals surface area contributed by atoms with Crippen LogP contribution in [0.4, 0.5) is 0 Å². The topological polar surface area (TPSA) is 38.7 Å². The first-order chi connectivity index (χ1) is 8.56. The third kappa shape index (κ3) is 3.21. The van der Waals surface area contributed by atoms with E-state index in [4.69, 9.17) is 11.6 Å². The number of aromatic nitrogens is 3. The van der Waals surface area contributed by atoms with Gasteiger partial charge < -0.3 is 0 Å². The third-order valence-electron chi connectivity index (χ3n) is 2.77. The van der Waals surface area contributed by atoms with E-state index in [1.54, 1.807) is 18.0 Å². The summed E-state index contributed by atoms with van der Waals surface area (Å²) in [5.41, 5.74) is 4.36. The predicted octanol–water partition coefficient (Wildman–Crippen LogP) is 3.74. The smallest absolute Gasteiger partial charge is 0.188 e. The first kappa shape index (κ1) is 13.3. The van der Waals surface area contributed by atoms with Crippen LogP contribution in [0.15, 0.2) is 23.5 Å². The van der Waals surface area contributed by atoms with Gasteiger partial charge in [-0.25, -0.2) is 15.0 Å². The molecule has 0 bridgehead atoms. The molecule has 0 aliphatic carbocycles. The summed E-state index contributed by atoms with van der Waals surface area (Å²) in [5.74, 6) is 0.796. The second kappa shape index (κ2) is 5.67. The van der Waals surface area contributed by atoms with Crippen molar-refractivity contribution < 1.29 is 0 Å². The highest BCUT2D eigenvalue weighted by molar-refractivity contribution is 7.98. The number of pyridine rings is 1. The Morgan fingerprint density at radius 3 is 2.44 bits per heavy atom. The van der Waals surface area contributed by atoms with Gasteiger partial charge in [0.15, 0.2) is 5.16 Å². The number of hydrogen-bond donors (Lipinski definition) is 0. The van der Waals surface area contributed by atoms with E-state index in [1.807, 2.05) is 32.9 Å². The van der Waals surface area contributed by atoms with Crippen LogP contribution in [0.25, 0.3) is 0 Å². The number of thioether (sulfide) groups is 1. The molecular formula is C13H14ClN3S. The monoisotopic (exact) mass is 279 g/mol. The summed E-state index contributed by atoms with van der Waals surface area (Å²) in [5, 5.41) is 1.33. The van der Waals surface area contributed by atoms with Gasteiger partial charge in [-0.3, -0.25) is 0 Å². The molecule has 2 aromatic rings. The van der Waals surface area contributed by atoms with Gasteiger partial charge in [-0.05, 0) is 44.0 Å². The third-order valence-corrected chi connectivity index (χ3v) is 3.90. The summed E-state index contributed by atoms with van der Waals surface area (Å²) in [6, 6.07) is 3.81. The van der Waals surface area contributed by atoms with Gasteiger partial charge in [-0.2, -0.15) is 0 Å². The molecule has 0 N–H and O–H groups in total. The largest absolute Gasteiger partial charge is 0.245 e. The Morgan fingerprint density at radius 2 is 1.83 bits per heavy atom. The van der Waals surface area contributed by atoms with Gasteiger partial charge in [0.05, 0.1) is 0 Å². The molecule has 0 radical (unpaired) electrons. The SMILES string of the molecule is Cc1nc(SCc2ccnc(Cl)c2)nc(C)c1C. The van der Waals surface area contributed by atoms with E-state index in [2.05, 4.69) is 15.0 Å². The molecule has 3 nitrogen and oxygen atoms in total. The number of hydrogen-bond acceptors (Lipinski definition) is 4. The van der Waals surface area contributed by atoms with Crippen molar-refractivity contribution in [2.24, 2.45) is 0 Å². The van der Waals surface area contributed by atoms with Crippen LogP contribution in [-0.2, 0) is 5.75 Å². The van der Waals surface area contributed by atoms with Crippen LogP contribution >= 0.6 is 23.4 Å². The molecule has 2 rings (SSSR count). The lowest BCUT2D eigenvalue weighted by atomic mass is 10.2. The Labute approximate surface area is 116 Å². The zero-order valence-corrected chi connectivity index (χ0v) is 12.1. The summed E-state index contributed by atoms with van der Waals surface area (Å²) in [6.45, 7) is 6.07. The van der Waals surface area contributed by atoms with E-state index in [1.165, 1.54) is 0 Å². The number of rotatable bonds is 3. The van der Waals surface area contributed by atoms with Crippen molar-refractivity contribution in [1.82, 2.24) is 15.0 Å². The Bertz CT molecular complexity index is 549. The van der Waals surface area contributed by atoms with E-state index in [0.717, 1.165) is 33.4 Å². The second-order valence-corrected chi connectivity index (χ2v) is 5.41. The van der Waals surface area contributed by atoms with Crippen LogP contribution in [0.3, 0.4) is 0 Å². The summed E-state index contributed by atoms with van der Waals surface area (Å²) < 4.78 is 0. The van der Waals surface area contributed by atoms with Crippen molar-refractivity contribution >= 4 is 23.4 Å². The second-order valence-electron chi connectivity index (χ2n) is 4.08. The van der Waals surface area contributed by atoms with E-state index in [0.29, 0.717) is 5.15 Å². The minimum Gasteiger partial charge on any atom is -0.245 e. The van der Waals surface area contributed by atoms with Crippen LogP contribution in [0.1, 0.15) is 22.5 Å². The molecule has 2 heterocycles. The molecule has 0 fully saturated rings. The molecule has 0 amide bonds. The molecule has 0 saturated carbocycles. The number of nitrogens with zero attached hydrogens (tertiary/aromatic N) is 3. The highest BCUT2D eigenvalue weighted by atomic mass is 35.5. The quantitative estimate of drug-likeness (QED) is 0.487. The molecule has 0 saturated heterocycles. The van der Waals surface area contributed by atoms with Crippen LogP contribution in [-0.4, -0.2) is 15.0 Å². The summed E-state index contributed by atoms with van der Waals surface area (Å²) in [7, 11) is 0. The van der Waals surface area contributed by atoms with Crippen molar-refractivity contribution in [3.8, 4) is 0 Å². The van der Waals surface area contributed by atoms with Crippen LogP contribution in [0.5, 0.6) is 0 Å². The molecule has 0 spiro atoms. The summed E-state index contributed by atoms with van der Waals surface area (Å²) in [4.78, 5) is 12.9. The first-order valence-corrected chi connectivity index (χ1v) is 6.97. The number of aryl methyl sites for hydroxylation is 2. The molecule has 2 aromatic heterocycles. The van der Waals surface area contributed by atoms with Crippen molar-refractivity contribution in [2.75, 3.05) is 0 Å². The number of halogens is 1. The Kier molecular flexibility index (Phi) is 4.19. The first-order valence-electron chi connectivity index (χ1n) is 5.61. The maximum Gasteiger partial charge on any atom is 0.188 e. The fourth-order valence-electron chi connectivity index (χ4n) is 1.49. The molecule has 94 valence electrons. The minimum atomic E-state index is 0.519. The fourth-order valence-corrected chi connectivity index (χ4v) is 2.56. The highest BCUT2D eigenvalue weighted by Gasteiger charge is 2.05. The Hall–Kier alpha value is -1.13. The summed E-state index contributed by atoms with van der Waals surface area (Å²) >= 11 is 7.46. The molecule has 0 atom stereocenters. The zero-order chi connectivity index (χ0) is 13.1. The van der Waals surface area contributed by atoms with Gasteiger partial charge in [0.25, 0.3) is 0 Å². The van der Waals surface area contributed by atoms with Crippen LogP contribution < -0.4 is 0 Å². The maximum atomic E-state index is 5.85. The van der Waals surface area contributed by atoms with Gasteiger partial charge in [0.1, 0.15) is 5.15 Å². The molecule has 0 aliphatic heterocycles. The van der Waals surface area contributed by atoms with Gasteiger partial charge in [0.2, 0.25) is 0 Å². The maximum absolute atomic E-state index is 5.85. The van der Waals surface area contributed by atoms with Gasteiger partial charge in [-0.1, -0.05) is 23.4 Å². The predicted molar refractivity (Wildman–Crippen MR) is 75.1 cm³/mol. The molecule has 0 aromatic carbocycles. The lowest BCUT2D eigenvalue weighted by molar-refractivity contribution is 0.880. The average Bonchev–Trinajstić information content (AvgIpc) is 2.33. The normalized spacial score (nSPS) is 10.7. The molecule has 0 unspecified atom stereocenters. The van der Waals surface area contributed by atoms with Crippen molar-refractivity contribution in [3.05, 3.63) is 46.0 Å². The van der Waals surface area contributed by atoms with Crippen molar-refractivity contribution in [2.45, 2.75) is 31.7 Å². The molecule has 18 heavy (non-hydrogen) atoms. The molecule has 5 heteroatoms. The van der Waals surface area contributed by atoms with E-state index < -0.39 is 0 Å². The van der Waals surface area contributed by atoms with Crippen LogP contribution in [0, 0.1) is 20.8 Å². The van der Waals surface area contributed by atoms with E-state index in [-0.39, 0.29) is 0 Å². The van der Waals surface area contributed by atoms with Gasteiger partial charge >= 0.3 is 0 Å². The fraction of sp³-hybridized carbons (Fsp3) is 0.308. The molecule has 0 aliphatic rings. The van der Waals surface area contributed by atoms with E-state index in [9.17, 15) is 0 Å². The molecular weight excluding hydrogens is 266 g/mol. The lowest BCUT2D eigenvalue weighted by Crippen LogP contribution is -1.98. The highest BCUT2D eigenvalue weighted by Crippen LogP contribution is 2.22. The van der Waals surface area contributed by atoms with Crippen molar-refractivity contribution in [1.29, 1.82) is 0 Å². The van der Waals surface area contributed by atoms with Crippen molar-refractivity contribution in [3.63, 3.8) is 0 Å². The zero-order valence-electron chi connectivity index (χ0n) is 10.6. The Balaban J connectivity index is 2.11. The summed E-state index contributed by atoms with van der Waals surface area (Å²) in [6.07, 6.45) is 1.71. The Morgan fingerprint density at radius 1 is 1.17 bits per heavy atom.